The van der Waals surface area contributed by atoms with Crippen molar-refractivity contribution in [3.8, 4) is 0 Å². The van der Waals surface area contributed by atoms with Crippen molar-refractivity contribution in [2.45, 2.75) is 57.0 Å². The minimum absolute atomic E-state index is 0.0398. The molecule has 0 amide bonds. The summed E-state index contributed by atoms with van der Waals surface area (Å²) in [6.07, 6.45) is -5.34. The highest BCUT2D eigenvalue weighted by Gasteiger charge is 2.58. The number of hydrogen-bond donors (Lipinski definition) is 1. The van der Waals surface area contributed by atoms with Gasteiger partial charge in [0, 0.05) is 6.92 Å². The number of carbonyl (C=O) groups excluding carboxylic acids is 1. The number of ether oxygens (including phenoxy) is 4. The highest BCUT2D eigenvalue weighted by molar-refractivity contribution is 5.84. The van der Waals surface area contributed by atoms with E-state index in [9.17, 15) is 9.90 Å². The number of Topliss-reactive ketones (excluding diaryl/α,β-unsaturated/α-hetero) is 1. The number of rotatable bonds is 11. The quantitative estimate of drug-likeness (QED) is 0.426. The van der Waals surface area contributed by atoms with Gasteiger partial charge in [0.1, 0.15) is 18.3 Å². The second-order valence-corrected chi connectivity index (χ2v) is 8.83. The number of alkyl halides is 1. The molecule has 0 bridgehead atoms. The Labute approximate surface area is 210 Å². The third kappa shape index (κ3) is 6.43. The molecular weight excluding hydrogens is 463 g/mol. The number of benzene rings is 3. The summed E-state index contributed by atoms with van der Waals surface area (Å²) < 4.78 is 39.4. The van der Waals surface area contributed by atoms with E-state index in [1.165, 1.54) is 0 Å². The van der Waals surface area contributed by atoms with Crippen LogP contribution in [0.1, 0.15) is 23.6 Å². The fraction of sp³-hybridized carbons (Fsp3) is 0.345. The van der Waals surface area contributed by atoms with E-state index >= 15 is 4.39 Å². The molecule has 1 heterocycles. The van der Waals surface area contributed by atoms with Crippen LogP contribution < -0.4 is 0 Å². The van der Waals surface area contributed by atoms with Gasteiger partial charge in [0.05, 0.1) is 26.4 Å². The monoisotopic (exact) mass is 494 g/mol. The SMILES string of the molecule is CC(=O)C1(O)O[C@H](COCc2ccccc2)[C@@H](OCc2ccccc2)[C@H](OCc2ccccc2)[C@H]1F. The third-order valence-corrected chi connectivity index (χ3v) is 6.15. The first-order valence-corrected chi connectivity index (χ1v) is 12.0. The molecule has 5 atom stereocenters. The molecule has 1 N–H and O–H groups in total. The highest BCUT2D eigenvalue weighted by Crippen LogP contribution is 2.35. The summed E-state index contributed by atoms with van der Waals surface area (Å²) in [6, 6.07) is 28.3. The van der Waals surface area contributed by atoms with Crippen LogP contribution in [-0.4, -0.2) is 47.8 Å². The number of aliphatic hydroxyl groups is 1. The van der Waals surface area contributed by atoms with Crippen molar-refractivity contribution >= 4 is 5.78 Å². The van der Waals surface area contributed by atoms with Crippen molar-refractivity contribution < 1.29 is 33.2 Å². The lowest BCUT2D eigenvalue weighted by atomic mass is 9.91. The Bertz CT molecular complexity index is 1080. The molecular formula is C29H31FO6. The molecule has 1 aliphatic heterocycles. The van der Waals surface area contributed by atoms with Gasteiger partial charge in [-0.3, -0.25) is 4.79 Å². The van der Waals surface area contributed by atoms with Crippen LogP contribution in [0, 0.1) is 0 Å². The molecule has 1 aliphatic rings. The summed E-state index contributed by atoms with van der Waals surface area (Å²) in [5.41, 5.74) is 2.64. The molecule has 3 aromatic rings. The van der Waals surface area contributed by atoms with Crippen LogP contribution in [0.25, 0.3) is 0 Å². The molecule has 36 heavy (non-hydrogen) atoms. The van der Waals surface area contributed by atoms with Crippen LogP contribution in [0.2, 0.25) is 0 Å². The van der Waals surface area contributed by atoms with Crippen molar-refractivity contribution in [3.05, 3.63) is 108 Å². The molecule has 0 aliphatic carbocycles. The minimum Gasteiger partial charge on any atom is -0.374 e. The predicted octanol–water partition coefficient (Wildman–Crippen LogP) is 4.39. The van der Waals surface area contributed by atoms with E-state index in [0.29, 0.717) is 0 Å². The zero-order chi connectivity index (χ0) is 25.4. The average Bonchev–Trinajstić information content (AvgIpc) is 2.91. The Hall–Kier alpha value is -2.94. The molecule has 190 valence electrons. The van der Waals surface area contributed by atoms with E-state index in [2.05, 4.69) is 0 Å². The first-order chi connectivity index (χ1) is 17.5. The van der Waals surface area contributed by atoms with Gasteiger partial charge in [0.25, 0.3) is 5.79 Å². The smallest absolute Gasteiger partial charge is 0.261 e. The van der Waals surface area contributed by atoms with Crippen LogP contribution in [0.15, 0.2) is 91.0 Å². The lowest BCUT2D eigenvalue weighted by molar-refractivity contribution is -0.332. The largest absolute Gasteiger partial charge is 0.374 e. The molecule has 6 nitrogen and oxygen atoms in total. The first kappa shape index (κ1) is 26.1. The fourth-order valence-corrected chi connectivity index (χ4v) is 4.15. The molecule has 1 saturated heterocycles. The molecule has 0 spiro atoms. The van der Waals surface area contributed by atoms with Crippen LogP contribution >= 0.6 is 0 Å². The Morgan fingerprint density at radius 2 is 1.25 bits per heavy atom. The van der Waals surface area contributed by atoms with E-state index in [1.807, 2.05) is 91.0 Å². The van der Waals surface area contributed by atoms with E-state index in [0.717, 1.165) is 23.6 Å². The molecule has 7 heteroatoms. The summed E-state index contributed by atoms with van der Waals surface area (Å²) in [6.45, 7) is 1.57. The predicted molar refractivity (Wildman–Crippen MR) is 132 cm³/mol. The van der Waals surface area contributed by atoms with Crippen LogP contribution in [-0.2, 0) is 43.6 Å². The van der Waals surface area contributed by atoms with Crippen molar-refractivity contribution in [1.29, 1.82) is 0 Å². The topological polar surface area (TPSA) is 74.2 Å². The Kier molecular flexibility index (Phi) is 8.96. The lowest BCUT2D eigenvalue weighted by Crippen LogP contribution is -2.67. The second kappa shape index (κ2) is 12.3. The van der Waals surface area contributed by atoms with Crippen LogP contribution in [0.3, 0.4) is 0 Å². The Morgan fingerprint density at radius 1 is 0.806 bits per heavy atom. The zero-order valence-electron chi connectivity index (χ0n) is 20.2. The van der Waals surface area contributed by atoms with Gasteiger partial charge in [-0.25, -0.2) is 4.39 Å². The van der Waals surface area contributed by atoms with Crippen LogP contribution in [0.4, 0.5) is 4.39 Å². The zero-order valence-corrected chi connectivity index (χ0v) is 20.2. The van der Waals surface area contributed by atoms with Gasteiger partial charge in [0.2, 0.25) is 0 Å². The van der Waals surface area contributed by atoms with E-state index < -0.39 is 36.1 Å². The van der Waals surface area contributed by atoms with Crippen molar-refractivity contribution in [3.63, 3.8) is 0 Å². The Balaban J connectivity index is 1.56. The van der Waals surface area contributed by atoms with Gasteiger partial charge in [-0.15, -0.1) is 0 Å². The summed E-state index contributed by atoms with van der Waals surface area (Å²) in [5, 5.41) is 10.9. The van der Waals surface area contributed by atoms with Gasteiger partial charge in [0.15, 0.2) is 12.0 Å². The van der Waals surface area contributed by atoms with Gasteiger partial charge < -0.3 is 24.1 Å². The maximum absolute atomic E-state index is 15.7. The fourth-order valence-electron chi connectivity index (χ4n) is 4.15. The third-order valence-electron chi connectivity index (χ3n) is 6.15. The molecule has 4 rings (SSSR count). The maximum atomic E-state index is 15.7. The van der Waals surface area contributed by atoms with E-state index in [-0.39, 0.29) is 26.4 Å². The number of hydrogen-bond acceptors (Lipinski definition) is 6. The molecule has 1 unspecified atom stereocenters. The summed E-state index contributed by atoms with van der Waals surface area (Å²) in [5.74, 6) is -3.52. The minimum atomic E-state index is -2.67. The number of ketones is 1. The van der Waals surface area contributed by atoms with Gasteiger partial charge in [-0.2, -0.15) is 0 Å². The van der Waals surface area contributed by atoms with Crippen molar-refractivity contribution in [2.75, 3.05) is 6.61 Å². The highest BCUT2D eigenvalue weighted by atomic mass is 19.1. The molecule has 1 fully saturated rings. The second-order valence-electron chi connectivity index (χ2n) is 8.83. The van der Waals surface area contributed by atoms with Crippen molar-refractivity contribution in [1.82, 2.24) is 0 Å². The van der Waals surface area contributed by atoms with Gasteiger partial charge in [-0.1, -0.05) is 91.0 Å². The van der Waals surface area contributed by atoms with Gasteiger partial charge in [-0.05, 0) is 16.7 Å². The summed E-state index contributed by atoms with van der Waals surface area (Å²) in [4.78, 5) is 12.3. The summed E-state index contributed by atoms with van der Waals surface area (Å²) >= 11 is 0. The lowest BCUT2D eigenvalue weighted by Gasteiger charge is -2.46. The normalized spacial score (nSPS) is 26.0. The molecule has 0 aromatic heterocycles. The molecule has 0 radical (unpaired) electrons. The summed E-state index contributed by atoms with van der Waals surface area (Å²) in [7, 11) is 0. The number of carbonyl (C=O) groups is 1. The number of halogens is 1. The van der Waals surface area contributed by atoms with Crippen molar-refractivity contribution in [2.24, 2.45) is 0 Å². The standard InChI is InChI=1S/C29H31FO6/c1-21(31)29(32)28(30)27(35-19-24-15-9-4-10-16-24)26(34-18-23-13-7-3-8-14-23)25(36-29)20-33-17-22-11-5-2-6-12-22/h2-16,25-28,32H,17-20H2,1H3/t25-,26-,27+,28-,29?/m1/s1. The van der Waals surface area contributed by atoms with Crippen LogP contribution in [0.5, 0.6) is 0 Å². The molecule has 0 saturated carbocycles. The average molecular weight is 495 g/mol. The van der Waals surface area contributed by atoms with E-state index in [1.54, 1.807) is 0 Å². The van der Waals surface area contributed by atoms with Gasteiger partial charge >= 0.3 is 0 Å². The maximum Gasteiger partial charge on any atom is 0.261 e. The molecule has 3 aromatic carbocycles. The first-order valence-electron chi connectivity index (χ1n) is 12.0. The van der Waals surface area contributed by atoms with E-state index in [4.69, 9.17) is 18.9 Å². The Morgan fingerprint density at radius 3 is 1.72 bits per heavy atom.